The Balaban J connectivity index is -0.0000000317. The highest BCUT2D eigenvalue weighted by Crippen LogP contribution is 1.76. The van der Waals surface area contributed by atoms with Gasteiger partial charge >= 0.3 is 0 Å². The highest BCUT2D eigenvalue weighted by atomic mass is 16.4. The summed E-state index contributed by atoms with van der Waals surface area (Å²) in [7, 11) is 0. The van der Waals surface area contributed by atoms with Crippen LogP contribution in [-0.2, 0) is 19.2 Å². The summed E-state index contributed by atoms with van der Waals surface area (Å²) in [5, 5.41) is 27.6. The minimum atomic E-state index is -0.250. The molecule has 98 valence electrons. The molecule has 0 aromatic rings. The highest BCUT2D eigenvalue weighted by Gasteiger charge is 1.56. The maximum atomic E-state index is 8.36. The van der Waals surface area contributed by atoms with Crippen LogP contribution in [0.25, 0.3) is 0 Å². The topological polar surface area (TPSA) is 149 Å². The number of hydrogen-bond acceptors (Lipinski definition) is 4. The summed E-state index contributed by atoms with van der Waals surface area (Å²) in [6.45, 7) is 3.36. The van der Waals surface area contributed by atoms with Crippen molar-refractivity contribution >= 4 is 25.9 Å². The predicted octanol–water partition coefficient (Wildman–Crippen LogP) is 0.610. The normalized spacial score (nSPS) is 4.88. The molecule has 0 saturated carbocycles. The van der Waals surface area contributed by atoms with Crippen molar-refractivity contribution in [1.82, 2.24) is 0 Å². The maximum absolute atomic E-state index is 8.36. The van der Waals surface area contributed by atoms with Gasteiger partial charge in [-0.3, -0.25) is 19.2 Å². The summed E-state index contributed by atoms with van der Waals surface area (Å²) in [5.41, 5.74) is 0. The smallest absolute Gasteiger partial charge is 0.290 e. The Kier molecular flexibility index (Phi) is 220. The Morgan fingerprint density at radius 1 is 0.625 bits per heavy atom. The van der Waals surface area contributed by atoms with E-state index in [1.807, 2.05) is 0 Å². The molecule has 16 heavy (non-hydrogen) atoms. The molecule has 0 unspecified atom stereocenters. The summed E-state index contributed by atoms with van der Waals surface area (Å²) in [5.74, 6) is 0. The molecule has 0 saturated heterocycles. The zero-order chi connectivity index (χ0) is 14.2. The molecule has 0 heterocycles. The van der Waals surface area contributed by atoms with Crippen LogP contribution in [0.15, 0.2) is 0 Å². The van der Waals surface area contributed by atoms with Crippen molar-refractivity contribution in [2.75, 3.05) is 0 Å². The van der Waals surface area contributed by atoms with Crippen molar-refractivity contribution in [3.05, 3.63) is 0 Å². The van der Waals surface area contributed by atoms with Crippen LogP contribution < -0.4 is 0 Å². The van der Waals surface area contributed by atoms with Gasteiger partial charge in [0, 0.05) is 0 Å². The third-order valence-corrected chi connectivity index (χ3v) is 0.500. The number of carboxylic acid groups (broad SMARTS) is 4. The fourth-order valence-electron chi connectivity index (χ4n) is 0. The zero-order valence-electron chi connectivity index (χ0n) is 9.15. The van der Waals surface area contributed by atoms with Gasteiger partial charge in [-0.15, -0.1) is 0 Å². The van der Waals surface area contributed by atoms with Gasteiger partial charge in [0.2, 0.25) is 0 Å². The fraction of sp³-hybridized carbons (Fsp3) is 0.500. The van der Waals surface area contributed by atoms with E-state index >= 15 is 0 Å². The van der Waals surface area contributed by atoms with E-state index in [-0.39, 0.29) is 25.9 Å². The molecule has 0 aromatic heterocycles. The Labute approximate surface area is 93.1 Å². The second-order valence-electron chi connectivity index (χ2n) is 1.42. The SMILES string of the molecule is CCCC.O=CO.O=CO.O=CO.O=CO. The Hall–Kier alpha value is -2.12. The van der Waals surface area contributed by atoms with E-state index in [2.05, 4.69) is 13.8 Å². The summed E-state index contributed by atoms with van der Waals surface area (Å²) < 4.78 is 0. The second-order valence-corrected chi connectivity index (χ2v) is 1.42. The average molecular weight is 242 g/mol. The van der Waals surface area contributed by atoms with E-state index in [1.165, 1.54) is 12.8 Å². The van der Waals surface area contributed by atoms with Crippen LogP contribution in [0.1, 0.15) is 26.7 Å². The molecule has 0 atom stereocenters. The lowest BCUT2D eigenvalue weighted by atomic mass is 10.4. The summed E-state index contributed by atoms with van der Waals surface area (Å²) in [6, 6.07) is 0. The third-order valence-electron chi connectivity index (χ3n) is 0.500. The summed E-state index contributed by atoms with van der Waals surface area (Å²) >= 11 is 0. The van der Waals surface area contributed by atoms with E-state index in [4.69, 9.17) is 39.6 Å². The van der Waals surface area contributed by atoms with Crippen molar-refractivity contribution in [1.29, 1.82) is 0 Å². The van der Waals surface area contributed by atoms with Crippen molar-refractivity contribution in [2.24, 2.45) is 0 Å². The lowest BCUT2D eigenvalue weighted by Gasteiger charge is -1.68. The standard InChI is InChI=1S/C4H10.4CH2O2/c1-3-4-2;4*2-1-3/h3-4H2,1-2H3;4*1H,(H,2,3). The van der Waals surface area contributed by atoms with Crippen LogP contribution in [0.5, 0.6) is 0 Å². The van der Waals surface area contributed by atoms with Gasteiger partial charge in [0.1, 0.15) is 0 Å². The first-order valence-electron chi connectivity index (χ1n) is 3.89. The highest BCUT2D eigenvalue weighted by molar-refractivity contribution is 5.33. The molecule has 0 fully saturated rings. The monoisotopic (exact) mass is 242 g/mol. The molecular weight excluding hydrogens is 224 g/mol. The van der Waals surface area contributed by atoms with Crippen LogP contribution in [-0.4, -0.2) is 46.3 Å². The molecule has 0 aliphatic carbocycles. The minimum absolute atomic E-state index is 0.250. The van der Waals surface area contributed by atoms with Crippen LogP contribution in [0.2, 0.25) is 0 Å². The molecule has 0 radical (unpaired) electrons. The van der Waals surface area contributed by atoms with Gasteiger partial charge in [0.05, 0.1) is 0 Å². The molecule has 0 bridgehead atoms. The zero-order valence-corrected chi connectivity index (χ0v) is 9.15. The first-order chi connectivity index (χ1) is 7.57. The van der Waals surface area contributed by atoms with Gasteiger partial charge < -0.3 is 20.4 Å². The minimum Gasteiger partial charge on any atom is -0.483 e. The molecule has 4 N–H and O–H groups in total. The second kappa shape index (κ2) is 121. The van der Waals surface area contributed by atoms with Crippen LogP contribution in [0.4, 0.5) is 0 Å². The Bertz CT molecular complexity index is 88.6. The van der Waals surface area contributed by atoms with E-state index in [0.29, 0.717) is 0 Å². The first kappa shape index (κ1) is 29.2. The van der Waals surface area contributed by atoms with Gasteiger partial charge in [0.15, 0.2) is 0 Å². The molecule has 8 nitrogen and oxygen atoms in total. The van der Waals surface area contributed by atoms with Gasteiger partial charge in [0.25, 0.3) is 25.9 Å². The molecule has 8 heteroatoms. The molecule has 0 amide bonds. The maximum Gasteiger partial charge on any atom is 0.290 e. The number of unbranched alkanes of at least 4 members (excludes halogenated alkanes) is 1. The molecule has 0 spiro atoms. The Morgan fingerprint density at radius 2 is 0.688 bits per heavy atom. The van der Waals surface area contributed by atoms with Gasteiger partial charge in [-0.05, 0) is 0 Å². The van der Waals surface area contributed by atoms with E-state index in [9.17, 15) is 0 Å². The van der Waals surface area contributed by atoms with Crippen molar-refractivity contribution in [2.45, 2.75) is 26.7 Å². The van der Waals surface area contributed by atoms with Crippen LogP contribution >= 0.6 is 0 Å². The van der Waals surface area contributed by atoms with Gasteiger partial charge in [-0.1, -0.05) is 26.7 Å². The molecule has 0 aromatic carbocycles. The number of rotatable bonds is 1. The quantitative estimate of drug-likeness (QED) is 0.488. The lowest BCUT2D eigenvalue weighted by molar-refractivity contribution is -0.123. The summed E-state index contributed by atoms with van der Waals surface area (Å²) in [6.07, 6.45) is 2.64. The Morgan fingerprint density at radius 3 is 0.688 bits per heavy atom. The van der Waals surface area contributed by atoms with Crippen molar-refractivity contribution < 1.29 is 39.6 Å². The van der Waals surface area contributed by atoms with E-state index in [0.717, 1.165) is 0 Å². The predicted molar refractivity (Wildman–Crippen MR) is 55.4 cm³/mol. The summed E-state index contributed by atoms with van der Waals surface area (Å²) in [4.78, 5) is 33.4. The van der Waals surface area contributed by atoms with Crippen LogP contribution in [0, 0.1) is 0 Å². The van der Waals surface area contributed by atoms with Crippen molar-refractivity contribution in [3.63, 3.8) is 0 Å². The van der Waals surface area contributed by atoms with Crippen LogP contribution in [0.3, 0.4) is 0 Å². The van der Waals surface area contributed by atoms with Crippen molar-refractivity contribution in [3.8, 4) is 0 Å². The van der Waals surface area contributed by atoms with E-state index in [1.54, 1.807) is 0 Å². The van der Waals surface area contributed by atoms with Gasteiger partial charge in [-0.25, -0.2) is 0 Å². The number of hydrogen-bond donors (Lipinski definition) is 4. The first-order valence-corrected chi connectivity index (χ1v) is 3.89. The molecule has 0 rings (SSSR count). The third kappa shape index (κ3) is 1120. The lowest BCUT2D eigenvalue weighted by Crippen LogP contribution is -1.49. The van der Waals surface area contributed by atoms with E-state index < -0.39 is 0 Å². The van der Waals surface area contributed by atoms with Gasteiger partial charge in [-0.2, -0.15) is 0 Å². The molecular formula is C8H18O8. The average Bonchev–Trinajstić information content (AvgIpc) is 2.22. The molecule has 0 aliphatic heterocycles. The molecule has 0 aliphatic rings. The number of carbonyl (C=O) groups is 4. The fourth-order valence-corrected chi connectivity index (χ4v) is 0. The largest absolute Gasteiger partial charge is 0.483 e.